The fourth-order valence-corrected chi connectivity index (χ4v) is 2.98. The van der Waals surface area contributed by atoms with Gasteiger partial charge in [-0.15, -0.1) is 0 Å². The fourth-order valence-electron chi connectivity index (χ4n) is 2.38. The molecule has 0 fully saturated rings. The van der Waals surface area contributed by atoms with Crippen molar-refractivity contribution in [1.82, 2.24) is 0 Å². The lowest BCUT2D eigenvalue weighted by atomic mass is 10.1. The molecule has 0 amide bonds. The first kappa shape index (κ1) is 17.6. The Morgan fingerprint density at radius 1 is 1.26 bits per heavy atom. The van der Waals surface area contributed by atoms with Crippen molar-refractivity contribution >= 4 is 15.9 Å². The number of nitrogens with two attached hydrogens (primary N) is 1. The minimum atomic E-state index is 0.401. The minimum absolute atomic E-state index is 0.401. The highest BCUT2D eigenvalue weighted by Crippen LogP contribution is 2.36. The van der Waals surface area contributed by atoms with Gasteiger partial charge in [0.25, 0.3) is 0 Å². The molecule has 122 valence electrons. The highest BCUT2D eigenvalue weighted by molar-refractivity contribution is 9.10. The number of hydrogen-bond acceptors (Lipinski definition) is 2. The van der Waals surface area contributed by atoms with Crippen LogP contribution in [0.3, 0.4) is 0 Å². The summed E-state index contributed by atoms with van der Waals surface area (Å²) in [6.45, 7) is 7.20. The molecule has 0 aromatic heterocycles. The number of methoxy groups -OCH3 is 1. The maximum atomic E-state index is 5.66. The monoisotopic (exact) mass is 376 g/mol. The van der Waals surface area contributed by atoms with Crippen LogP contribution in [0.2, 0.25) is 0 Å². The van der Waals surface area contributed by atoms with Crippen molar-refractivity contribution in [2.24, 2.45) is 0 Å². The predicted molar refractivity (Wildman–Crippen MR) is 96.9 cm³/mol. The highest BCUT2D eigenvalue weighted by atomic mass is 79.9. The van der Waals surface area contributed by atoms with Crippen LogP contribution in [0, 0.1) is 0 Å². The summed E-state index contributed by atoms with van der Waals surface area (Å²) in [6.07, 6.45) is 1.72. The first-order chi connectivity index (χ1) is 11.2. The van der Waals surface area contributed by atoms with Gasteiger partial charge in [0.15, 0.2) is 11.5 Å². The molecule has 0 saturated carbocycles. The van der Waals surface area contributed by atoms with Gasteiger partial charge >= 0.3 is 0 Å². The van der Waals surface area contributed by atoms with Crippen molar-refractivity contribution in [1.29, 1.82) is 0 Å². The lowest BCUT2D eigenvalue weighted by Gasteiger charge is -2.15. The normalized spacial score (nSPS) is 11.8. The van der Waals surface area contributed by atoms with Gasteiger partial charge < -0.3 is 14.8 Å². The lowest BCUT2D eigenvalue weighted by Crippen LogP contribution is -2.83. The number of halogens is 1. The molecule has 0 saturated heterocycles. The lowest BCUT2D eigenvalue weighted by molar-refractivity contribution is -0.707. The van der Waals surface area contributed by atoms with Gasteiger partial charge in [-0.2, -0.15) is 0 Å². The van der Waals surface area contributed by atoms with Crippen LogP contribution in [0.1, 0.15) is 24.1 Å². The van der Waals surface area contributed by atoms with Crippen LogP contribution in [0.4, 0.5) is 0 Å². The Hall–Kier alpha value is -1.78. The quantitative estimate of drug-likeness (QED) is 0.710. The Balaban J connectivity index is 2.08. The van der Waals surface area contributed by atoms with Crippen LogP contribution < -0.4 is 14.8 Å². The highest BCUT2D eigenvalue weighted by Gasteiger charge is 2.14. The first-order valence-electron chi connectivity index (χ1n) is 7.64. The van der Waals surface area contributed by atoms with Crippen molar-refractivity contribution in [2.45, 2.75) is 19.5 Å². The maximum Gasteiger partial charge on any atom is 0.175 e. The second-order valence-electron chi connectivity index (χ2n) is 5.35. The summed E-state index contributed by atoms with van der Waals surface area (Å²) in [5.74, 6) is 1.45. The summed E-state index contributed by atoms with van der Waals surface area (Å²) in [6, 6.07) is 15.0. The number of hydrogen-bond donors (Lipinski definition) is 1. The molecule has 0 bridgehead atoms. The zero-order chi connectivity index (χ0) is 16.7. The van der Waals surface area contributed by atoms with Crippen LogP contribution in [0.25, 0.3) is 0 Å². The van der Waals surface area contributed by atoms with E-state index < -0.39 is 0 Å². The molecule has 2 aromatic rings. The van der Waals surface area contributed by atoms with E-state index in [-0.39, 0.29) is 0 Å². The zero-order valence-electron chi connectivity index (χ0n) is 13.6. The number of benzene rings is 2. The van der Waals surface area contributed by atoms with Crippen LogP contribution in [0.15, 0.2) is 59.6 Å². The van der Waals surface area contributed by atoms with Crippen LogP contribution >= 0.6 is 15.9 Å². The topological polar surface area (TPSA) is 35.1 Å². The molecule has 3 nitrogen and oxygen atoms in total. The van der Waals surface area contributed by atoms with Crippen molar-refractivity contribution in [3.05, 3.63) is 70.7 Å². The van der Waals surface area contributed by atoms with Gasteiger partial charge in [-0.05, 0) is 35.0 Å². The van der Waals surface area contributed by atoms with E-state index in [9.17, 15) is 0 Å². The maximum absolute atomic E-state index is 5.66. The number of quaternary nitrogens is 1. The Labute approximate surface area is 146 Å². The Morgan fingerprint density at radius 3 is 2.65 bits per heavy atom. The molecule has 0 aliphatic rings. The van der Waals surface area contributed by atoms with Gasteiger partial charge in [-0.1, -0.05) is 43.0 Å². The standard InChI is InChI=1S/C19H22BrNO2/c1-4-10-23-19-17(20)11-15(12-18(19)22-3)13-21-14(2)16-8-6-5-7-9-16/h4-9,11-12,14,21H,1,10,13H2,2-3H3/p+1/t14-/m0/s1. The molecule has 2 N–H and O–H groups in total. The largest absolute Gasteiger partial charge is 0.493 e. The molecule has 0 spiro atoms. The van der Waals surface area contributed by atoms with Gasteiger partial charge in [0.2, 0.25) is 0 Å². The van der Waals surface area contributed by atoms with Crippen LogP contribution in [0.5, 0.6) is 11.5 Å². The van der Waals surface area contributed by atoms with E-state index in [4.69, 9.17) is 9.47 Å². The van der Waals surface area contributed by atoms with E-state index in [1.54, 1.807) is 13.2 Å². The molecule has 4 heteroatoms. The summed E-state index contributed by atoms with van der Waals surface area (Å²) in [5.41, 5.74) is 2.51. The minimum Gasteiger partial charge on any atom is -0.493 e. The van der Waals surface area contributed by atoms with Crippen molar-refractivity contribution in [3.8, 4) is 11.5 Å². The third-order valence-corrected chi connectivity index (χ3v) is 4.26. The van der Waals surface area contributed by atoms with E-state index in [1.165, 1.54) is 11.1 Å². The summed E-state index contributed by atoms with van der Waals surface area (Å²) in [4.78, 5) is 0. The third-order valence-electron chi connectivity index (χ3n) is 3.67. The molecule has 0 unspecified atom stereocenters. The molecule has 2 aromatic carbocycles. The molecule has 2 rings (SSSR count). The average molecular weight is 377 g/mol. The second kappa shape index (κ2) is 8.75. The van der Waals surface area contributed by atoms with E-state index >= 15 is 0 Å². The van der Waals surface area contributed by atoms with Gasteiger partial charge in [-0.3, -0.25) is 0 Å². The summed E-state index contributed by atoms with van der Waals surface area (Å²) in [7, 11) is 1.66. The molecule has 0 aliphatic heterocycles. The van der Waals surface area contributed by atoms with E-state index in [1.807, 2.05) is 12.1 Å². The molecule has 1 atom stereocenters. The van der Waals surface area contributed by atoms with Gasteiger partial charge in [-0.25, -0.2) is 0 Å². The van der Waals surface area contributed by atoms with E-state index in [2.05, 4.69) is 65.1 Å². The van der Waals surface area contributed by atoms with Crippen LogP contribution in [-0.2, 0) is 6.54 Å². The Kier molecular flexibility index (Phi) is 6.68. The second-order valence-corrected chi connectivity index (χ2v) is 6.20. The Morgan fingerprint density at radius 2 is 2.00 bits per heavy atom. The van der Waals surface area contributed by atoms with Crippen molar-refractivity contribution in [3.63, 3.8) is 0 Å². The van der Waals surface area contributed by atoms with Crippen LogP contribution in [-0.4, -0.2) is 13.7 Å². The fraction of sp³-hybridized carbons (Fsp3) is 0.263. The van der Waals surface area contributed by atoms with Gasteiger partial charge in [0, 0.05) is 11.1 Å². The number of rotatable bonds is 8. The SMILES string of the molecule is C=CCOc1c(Br)cc(C[NH2+][C@@H](C)c2ccccc2)cc1OC. The average Bonchev–Trinajstić information content (AvgIpc) is 2.59. The number of ether oxygens (including phenoxy) is 2. The van der Waals surface area contributed by atoms with Gasteiger partial charge in [0.05, 0.1) is 11.6 Å². The first-order valence-corrected chi connectivity index (χ1v) is 8.43. The van der Waals surface area contributed by atoms with Gasteiger partial charge in [0.1, 0.15) is 19.2 Å². The smallest absolute Gasteiger partial charge is 0.175 e. The van der Waals surface area contributed by atoms with Crippen molar-refractivity contribution in [2.75, 3.05) is 13.7 Å². The van der Waals surface area contributed by atoms with Crippen molar-refractivity contribution < 1.29 is 14.8 Å². The van der Waals surface area contributed by atoms with E-state index in [0.29, 0.717) is 18.4 Å². The molecule has 23 heavy (non-hydrogen) atoms. The third kappa shape index (κ3) is 4.85. The molecule has 0 aliphatic carbocycles. The molecular formula is C19H23BrNO2+. The molecular weight excluding hydrogens is 354 g/mol. The summed E-state index contributed by atoms with van der Waals surface area (Å²) in [5, 5.41) is 2.31. The van der Waals surface area contributed by atoms with E-state index in [0.717, 1.165) is 16.8 Å². The Bertz CT molecular complexity index is 643. The summed E-state index contributed by atoms with van der Waals surface area (Å²) >= 11 is 3.57. The zero-order valence-corrected chi connectivity index (χ0v) is 15.2. The molecule has 0 radical (unpaired) electrons. The summed E-state index contributed by atoms with van der Waals surface area (Å²) < 4.78 is 12.0. The molecule has 0 heterocycles. The predicted octanol–water partition coefficient (Wildman–Crippen LogP) is 3.85.